The molecule has 0 heterocycles. The third-order valence-electron chi connectivity index (χ3n) is 2.12. The summed E-state index contributed by atoms with van der Waals surface area (Å²) in [6, 6.07) is 1.92. The lowest BCUT2D eigenvalue weighted by atomic mass is 10.3. The first-order chi connectivity index (χ1) is 8.16. The minimum absolute atomic E-state index is 0.0717. The second-order valence-electron chi connectivity index (χ2n) is 3.53. The van der Waals surface area contributed by atoms with Gasteiger partial charge in [-0.2, -0.15) is 4.31 Å². The minimum Gasteiger partial charge on any atom is -0.398 e. The first-order valence-corrected chi connectivity index (χ1v) is 6.88. The Morgan fingerprint density at radius 1 is 1.50 bits per heavy atom. The number of halogens is 2. The summed E-state index contributed by atoms with van der Waals surface area (Å²) >= 11 is 2.98. The number of benzene rings is 1. The van der Waals surface area contributed by atoms with E-state index in [-0.39, 0.29) is 10.2 Å². The van der Waals surface area contributed by atoms with Crippen LogP contribution in [-0.2, 0) is 14.8 Å². The topological polar surface area (TPSA) is 106 Å². The molecule has 0 atom stereocenters. The summed E-state index contributed by atoms with van der Waals surface area (Å²) < 4.78 is 38.4. The van der Waals surface area contributed by atoms with Gasteiger partial charge in [0.05, 0.1) is 6.54 Å². The van der Waals surface area contributed by atoms with E-state index in [4.69, 9.17) is 11.5 Å². The largest absolute Gasteiger partial charge is 0.398 e. The van der Waals surface area contributed by atoms with E-state index in [9.17, 15) is 17.6 Å². The highest BCUT2D eigenvalue weighted by Gasteiger charge is 2.26. The quantitative estimate of drug-likeness (QED) is 0.768. The van der Waals surface area contributed by atoms with Crippen LogP contribution in [0.3, 0.4) is 0 Å². The molecule has 9 heteroatoms. The summed E-state index contributed by atoms with van der Waals surface area (Å²) in [6.07, 6.45) is 0. The van der Waals surface area contributed by atoms with Gasteiger partial charge in [-0.25, -0.2) is 12.8 Å². The molecule has 0 saturated carbocycles. The number of primary amides is 1. The summed E-state index contributed by atoms with van der Waals surface area (Å²) in [5, 5.41) is 0. The lowest BCUT2D eigenvalue weighted by Gasteiger charge is -2.16. The van der Waals surface area contributed by atoms with Crippen LogP contribution in [0.4, 0.5) is 10.1 Å². The zero-order valence-corrected chi connectivity index (χ0v) is 11.8. The van der Waals surface area contributed by atoms with Gasteiger partial charge in [0.1, 0.15) is 10.7 Å². The minimum atomic E-state index is -4.15. The fraction of sp³-hybridized carbons (Fsp3) is 0.222. The Bertz CT molecular complexity index is 591. The summed E-state index contributed by atoms with van der Waals surface area (Å²) in [5.41, 5.74) is 10.5. The summed E-state index contributed by atoms with van der Waals surface area (Å²) in [5.74, 6) is -1.81. The van der Waals surface area contributed by atoms with Gasteiger partial charge >= 0.3 is 0 Å². The Labute approximate surface area is 112 Å². The molecule has 0 unspecified atom stereocenters. The highest BCUT2D eigenvalue weighted by Crippen LogP contribution is 2.27. The third kappa shape index (κ3) is 2.98. The van der Waals surface area contributed by atoms with Crippen LogP contribution in [0.5, 0.6) is 0 Å². The lowest BCUT2D eigenvalue weighted by Crippen LogP contribution is -2.35. The number of carbonyl (C=O) groups excluding carboxylic acids is 1. The Morgan fingerprint density at radius 3 is 2.56 bits per heavy atom. The van der Waals surface area contributed by atoms with Crippen LogP contribution < -0.4 is 11.5 Å². The molecule has 4 N–H and O–H groups in total. The van der Waals surface area contributed by atoms with Crippen molar-refractivity contribution in [3.05, 3.63) is 22.4 Å². The predicted octanol–water partition coefficient (Wildman–Crippen LogP) is 0.276. The zero-order chi connectivity index (χ0) is 14.1. The molecule has 0 aliphatic rings. The number of sulfonamides is 1. The first kappa shape index (κ1) is 14.9. The number of hydrogen-bond donors (Lipinski definition) is 2. The van der Waals surface area contributed by atoms with E-state index < -0.39 is 33.2 Å². The Balaban J connectivity index is 3.29. The Hall–Kier alpha value is -1.19. The maximum atomic E-state index is 13.6. The smallest absolute Gasteiger partial charge is 0.246 e. The fourth-order valence-corrected chi connectivity index (χ4v) is 2.74. The van der Waals surface area contributed by atoms with E-state index in [1.165, 1.54) is 0 Å². The zero-order valence-electron chi connectivity index (χ0n) is 9.35. The molecule has 0 aliphatic heterocycles. The van der Waals surface area contributed by atoms with Crippen LogP contribution in [0.1, 0.15) is 0 Å². The molecule has 100 valence electrons. The molecule has 0 aromatic heterocycles. The van der Waals surface area contributed by atoms with Gasteiger partial charge in [0.25, 0.3) is 0 Å². The first-order valence-electron chi connectivity index (χ1n) is 4.65. The van der Waals surface area contributed by atoms with Crippen molar-refractivity contribution in [2.24, 2.45) is 5.73 Å². The lowest BCUT2D eigenvalue weighted by molar-refractivity contribution is -0.118. The fourth-order valence-electron chi connectivity index (χ4n) is 1.21. The van der Waals surface area contributed by atoms with E-state index >= 15 is 0 Å². The van der Waals surface area contributed by atoms with Gasteiger partial charge in [0.15, 0.2) is 0 Å². The Morgan fingerprint density at radius 2 is 2.06 bits per heavy atom. The summed E-state index contributed by atoms with van der Waals surface area (Å²) in [7, 11) is -3.02. The van der Waals surface area contributed by atoms with Crippen LogP contribution in [0.25, 0.3) is 0 Å². The molecule has 0 spiro atoms. The van der Waals surface area contributed by atoms with Gasteiger partial charge in [-0.3, -0.25) is 4.79 Å². The average molecular weight is 340 g/mol. The number of carbonyl (C=O) groups is 1. The number of rotatable bonds is 4. The molecule has 0 aliphatic carbocycles. The van der Waals surface area contributed by atoms with Gasteiger partial charge < -0.3 is 11.5 Å². The van der Waals surface area contributed by atoms with Crippen LogP contribution >= 0.6 is 15.9 Å². The standard InChI is InChI=1S/C9H11BrFN3O3S/c1-14(4-9(13)15)18(16,17)8-3-7(12)5(10)2-6(8)11/h2-3H,4,12H2,1H3,(H2,13,15). The Kier molecular flexibility index (Phi) is 4.30. The molecule has 1 aromatic carbocycles. The number of hydrogen-bond acceptors (Lipinski definition) is 4. The van der Waals surface area contributed by atoms with E-state index in [1.54, 1.807) is 0 Å². The van der Waals surface area contributed by atoms with Crippen LogP contribution in [-0.4, -0.2) is 32.2 Å². The van der Waals surface area contributed by atoms with Crippen LogP contribution in [0.15, 0.2) is 21.5 Å². The molecule has 0 fully saturated rings. The van der Waals surface area contributed by atoms with Crippen LogP contribution in [0.2, 0.25) is 0 Å². The number of nitrogens with zero attached hydrogens (tertiary/aromatic N) is 1. The molecule has 0 bridgehead atoms. The average Bonchev–Trinajstić information content (AvgIpc) is 2.22. The van der Waals surface area contributed by atoms with Crippen molar-refractivity contribution in [1.29, 1.82) is 0 Å². The summed E-state index contributed by atoms with van der Waals surface area (Å²) in [6.45, 7) is -0.544. The number of likely N-dealkylation sites (N-methyl/N-ethyl adjacent to an activating group) is 1. The molecule has 1 rings (SSSR count). The SMILES string of the molecule is CN(CC(N)=O)S(=O)(=O)c1cc(N)c(Br)cc1F. The van der Waals surface area contributed by atoms with Gasteiger partial charge in [-0.05, 0) is 28.1 Å². The second kappa shape index (κ2) is 5.21. The number of amides is 1. The van der Waals surface area contributed by atoms with Crippen molar-refractivity contribution in [3.8, 4) is 0 Å². The molecular weight excluding hydrogens is 329 g/mol. The normalized spacial score (nSPS) is 11.8. The molecule has 0 saturated heterocycles. The molecule has 6 nitrogen and oxygen atoms in total. The van der Waals surface area contributed by atoms with E-state index in [0.29, 0.717) is 4.31 Å². The molecular formula is C9H11BrFN3O3S. The van der Waals surface area contributed by atoms with E-state index in [0.717, 1.165) is 19.2 Å². The number of anilines is 1. The van der Waals surface area contributed by atoms with Crippen molar-refractivity contribution in [2.75, 3.05) is 19.3 Å². The number of nitrogen functional groups attached to an aromatic ring is 1. The summed E-state index contributed by atoms with van der Waals surface area (Å²) in [4.78, 5) is 10.1. The molecule has 1 aromatic rings. The maximum Gasteiger partial charge on any atom is 0.246 e. The number of nitrogens with two attached hydrogens (primary N) is 2. The van der Waals surface area contributed by atoms with E-state index in [2.05, 4.69) is 15.9 Å². The van der Waals surface area contributed by atoms with Gasteiger partial charge in [0.2, 0.25) is 15.9 Å². The molecule has 1 amide bonds. The van der Waals surface area contributed by atoms with Crippen molar-refractivity contribution in [3.63, 3.8) is 0 Å². The van der Waals surface area contributed by atoms with E-state index in [1.807, 2.05) is 0 Å². The monoisotopic (exact) mass is 339 g/mol. The predicted molar refractivity (Wildman–Crippen MR) is 67.5 cm³/mol. The van der Waals surface area contributed by atoms with Crippen molar-refractivity contribution >= 4 is 37.5 Å². The van der Waals surface area contributed by atoms with Crippen molar-refractivity contribution < 1.29 is 17.6 Å². The third-order valence-corrected chi connectivity index (χ3v) is 4.62. The van der Waals surface area contributed by atoms with Gasteiger partial charge in [-0.1, -0.05) is 0 Å². The van der Waals surface area contributed by atoms with Crippen molar-refractivity contribution in [1.82, 2.24) is 4.31 Å². The molecule has 0 radical (unpaired) electrons. The molecule has 18 heavy (non-hydrogen) atoms. The highest BCUT2D eigenvalue weighted by atomic mass is 79.9. The highest BCUT2D eigenvalue weighted by molar-refractivity contribution is 9.10. The van der Waals surface area contributed by atoms with Crippen LogP contribution in [0, 0.1) is 5.82 Å². The second-order valence-corrected chi connectivity index (χ2v) is 6.40. The van der Waals surface area contributed by atoms with Gasteiger partial charge in [-0.15, -0.1) is 0 Å². The maximum absolute atomic E-state index is 13.6. The van der Waals surface area contributed by atoms with Crippen molar-refractivity contribution in [2.45, 2.75) is 4.90 Å². The van der Waals surface area contributed by atoms with Gasteiger partial charge in [0, 0.05) is 17.2 Å².